The Morgan fingerprint density at radius 2 is 2.08 bits per heavy atom. The number of nitriles is 1. The second kappa shape index (κ2) is 6.37. The van der Waals surface area contributed by atoms with Crippen LogP contribution in [0.1, 0.15) is 29.2 Å². The zero-order chi connectivity index (χ0) is 18.0. The highest BCUT2D eigenvalue weighted by Crippen LogP contribution is 2.33. The summed E-state index contributed by atoms with van der Waals surface area (Å²) in [4.78, 5) is 25.7. The number of nitrogens with zero attached hydrogens (tertiary/aromatic N) is 5. The van der Waals surface area contributed by atoms with Crippen LogP contribution < -0.4 is 0 Å². The first-order valence-electron chi connectivity index (χ1n) is 7.19. The van der Waals surface area contributed by atoms with Gasteiger partial charge in [0.05, 0.1) is 22.2 Å². The molecule has 0 radical (unpaired) electrons. The lowest BCUT2D eigenvalue weighted by Gasteiger charge is -2.18. The highest BCUT2D eigenvalue weighted by molar-refractivity contribution is 6.02. The van der Waals surface area contributed by atoms with Crippen molar-refractivity contribution < 1.29 is 14.8 Å². The molecule has 0 bridgehead atoms. The molecule has 124 valence electrons. The van der Waals surface area contributed by atoms with Crippen molar-refractivity contribution in [3.8, 4) is 6.07 Å². The molecule has 9 nitrogen and oxygen atoms in total. The summed E-state index contributed by atoms with van der Waals surface area (Å²) in [5, 5.41) is 34.1. The van der Waals surface area contributed by atoms with Crippen LogP contribution in [0.3, 0.4) is 0 Å². The molecule has 1 aromatic heterocycles. The third kappa shape index (κ3) is 3.13. The largest absolute Gasteiger partial charge is 0.464 e. The summed E-state index contributed by atoms with van der Waals surface area (Å²) < 4.78 is 0. The summed E-state index contributed by atoms with van der Waals surface area (Å²) >= 11 is 0. The molecule has 0 aliphatic carbocycles. The number of benzene rings is 1. The normalized spacial score (nSPS) is 16.2. The van der Waals surface area contributed by atoms with Gasteiger partial charge in [-0.3, -0.25) is 15.1 Å². The molecule has 0 spiro atoms. The van der Waals surface area contributed by atoms with Crippen molar-refractivity contribution in [2.45, 2.75) is 12.5 Å². The lowest BCUT2D eigenvalue weighted by molar-refractivity contribution is -0.384. The van der Waals surface area contributed by atoms with Crippen LogP contribution in [0.4, 0.5) is 10.5 Å². The van der Waals surface area contributed by atoms with Gasteiger partial charge in [-0.05, 0) is 29.3 Å². The SMILES string of the molecule is N#Cc1cncc([C@@H]2CC(c3ccc([N+](=O)[O-])cc3)=NN2C(=O)O)c1. The van der Waals surface area contributed by atoms with E-state index >= 15 is 0 Å². The molecule has 25 heavy (non-hydrogen) atoms. The molecule has 0 fully saturated rings. The molecule has 1 N–H and O–H groups in total. The predicted molar refractivity (Wildman–Crippen MR) is 85.8 cm³/mol. The van der Waals surface area contributed by atoms with Crippen molar-refractivity contribution in [2.75, 3.05) is 0 Å². The number of pyridine rings is 1. The Labute approximate surface area is 141 Å². The lowest BCUT2D eigenvalue weighted by Crippen LogP contribution is -2.25. The average molecular weight is 337 g/mol. The third-order valence-electron chi connectivity index (χ3n) is 3.79. The Morgan fingerprint density at radius 3 is 2.68 bits per heavy atom. The number of carboxylic acid groups (broad SMARTS) is 1. The number of aromatic nitrogens is 1. The molecule has 1 aliphatic rings. The van der Waals surface area contributed by atoms with Crippen molar-refractivity contribution in [3.63, 3.8) is 0 Å². The zero-order valence-corrected chi connectivity index (χ0v) is 12.7. The van der Waals surface area contributed by atoms with Crippen LogP contribution in [-0.4, -0.2) is 31.8 Å². The summed E-state index contributed by atoms with van der Waals surface area (Å²) in [7, 11) is 0. The van der Waals surface area contributed by atoms with Gasteiger partial charge in [0.1, 0.15) is 6.07 Å². The molecule has 0 saturated heterocycles. The summed E-state index contributed by atoms with van der Waals surface area (Å²) in [5.41, 5.74) is 1.92. The highest BCUT2D eigenvalue weighted by Gasteiger charge is 2.33. The Hall–Kier alpha value is -3.80. The van der Waals surface area contributed by atoms with Gasteiger partial charge in [0.15, 0.2) is 0 Å². The van der Waals surface area contributed by atoms with Crippen LogP contribution in [-0.2, 0) is 0 Å². The number of rotatable bonds is 3. The van der Waals surface area contributed by atoms with Crippen molar-refractivity contribution in [2.24, 2.45) is 5.10 Å². The molecule has 1 aliphatic heterocycles. The smallest absolute Gasteiger partial charge is 0.428 e. The standard InChI is InChI=1S/C16H11N5O4/c17-7-10-5-12(9-18-8-10)15-6-14(19-20(15)16(22)23)11-1-3-13(4-2-11)21(24)25/h1-5,8-9,15H,6H2,(H,22,23)/t15-/m0/s1. The number of amides is 1. The Bertz CT molecular complexity index is 917. The van der Waals surface area contributed by atoms with E-state index in [9.17, 15) is 20.0 Å². The van der Waals surface area contributed by atoms with Gasteiger partial charge in [-0.15, -0.1) is 0 Å². The van der Waals surface area contributed by atoms with E-state index < -0.39 is 17.1 Å². The van der Waals surface area contributed by atoms with Crippen molar-refractivity contribution in [1.29, 1.82) is 5.26 Å². The van der Waals surface area contributed by atoms with E-state index in [1.54, 1.807) is 6.07 Å². The third-order valence-corrected chi connectivity index (χ3v) is 3.79. The first-order valence-corrected chi connectivity index (χ1v) is 7.19. The van der Waals surface area contributed by atoms with Crippen molar-refractivity contribution in [3.05, 3.63) is 69.5 Å². The van der Waals surface area contributed by atoms with Crippen molar-refractivity contribution >= 4 is 17.5 Å². The summed E-state index contributed by atoms with van der Waals surface area (Å²) in [5.74, 6) is 0. The summed E-state index contributed by atoms with van der Waals surface area (Å²) in [6.45, 7) is 0. The van der Waals surface area contributed by atoms with E-state index in [4.69, 9.17) is 5.26 Å². The highest BCUT2D eigenvalue weighted by atomic mass is 16.6. The van der Waals surface area contributed by atoms with Gasteiger partial charge in [-0.2, -0.15) is 15.4 Å². The van der Waals surface area contributed by atoms with Crippen molar-refractivity contribution in [1.82, 2.24) is 9.99 Å². The number of non-ortho nitro benzene ring substituents is 1. The van der Waals surface area contributed by atoms with E-state index in [1.807, 2.05) is 6.07 Å². The molecule has 1 aromatic carbocycles. The van der Waals surface area contributed by atoms with Crippen LogP contribution in [0.15, 0.2) is 47.8 Å². The average Bonchev–Trinajstić information content (AvgIpc) is 3.07. The molecule has 1 amide bonds. The van der Waals surface area contributed by atoms with E-state index in [0.29, 0.717) is 22.4 Å². The van der Waals surface area contributed by atoms with E-state index in [-0.39, 0.29) is 12.1 Å². The van der Waals surface area contributed by atoms with Gasteiger partial charge < -0.3 is 5.11 Å². The second-order valence-electron chi connectivity index (χ2n) is 5.32. The van der Waals surface area contributed by atoms with Crippen LogP contribution in [0.5, 0.6) is 0 Å². The minimum absolute atomic E-state index is 0.0556. The minimum atomic E-state index is -1.23. The maximum atomic E-state index is 11.5. The number of hydrogen-bond donors (Lipinski definition) is 1. The first-order chi connectivity index (χ1) is 12.0. The molecule has 0 unspecified atom stereocenters. The molecule has 9 heteroatoms. The van der Waals surface area contributed by atoms with Crippen LogP contribution >= 0.6 is 0 Å². The maximum absolute atomic E-state index is 11.5. The summed E-state index contributed by atoms with van der Waals surface area (Å²) in [6.07, 6.45) is 1.93. The molecule has 1 atom stereocenters. The number of hydrazone groups is 1. The fraction of sp³-hybridized carbons (Fsp3) is 0.125. The van der Waals surface area contributed by atoms with Gasteiger partial charge in [-0.1, -0.05) is 0 Å². The van der Waals surface area contributed by atoms with Gasteiger partial charge in [0.25, 0.3) is 5.69 Å². The molecular weight excluding hydrogens is 326 g/mol. The van der Waals surface area contributed by atoms with Crippen LogP contribution in [0.2, 0.25) is 0 Å². The molecule has 3 rings (SSSR count). The quantitative estimate of drug-likeness (QED) is 0.676. The van der Waals surface area contributed by atoms with E-state index in [0.717, 1.165) is 5.01 Å². The lowest BCUT2D eigenvalue weighted by atomic mass is 9.99. The number of carbonyl (C=O) groups is 1. The fourth-order valence-electron chi connectivity index (χ4n) is 2.60. The van der Waals surface area contributed by atoms with Gasteiger partial charge in [-0.25, -0.2) is 4.79 Å². The predicted octanol–water partition coefficient (Wildman–Crippen LogP) is 2.69. The molecular formula is C16H11N5O4. The molecule has 0 saturated carbocycles. The Kier molecular flexibility index (Phi) is 4.09. The van der Waals surface area contributed by atoms with Gasteiger partial charge in [0, 0.05) is 30.9 Å². The number of nitro groups is 1. The van der Waals surface area contributed by atoms with Crippen LogP contribution in [0, 0.1) is 21.4 Å². The Morgan fingerprint density at radius 1 is 1.36 bits per heavy atom. The van der Waals surface area contributed by atoms with Crippen LogP contribution in [0.25, 0.3) is 0 Å². The topological polar surface area (TPSA) is 133 Å². The van der Waals surface area contributed by atoms with E-state index in [2.05, 4.69) is 10.1 Å². The minimum Gasteiger partial charge on any atom is -0.464 e. The molecule has 2 heterocycles. The summed E-state index contributed by atoms with van der Waals surface area (Å²) in [6, 6.07) is 8.67. The van der Waals surface area contributed by atoms with Gasteiger partial charge in [0.2, 0.25) is 0 Å². The number of hydrogen-bond acceptors (Lipinski definition) is 6. The molecule has 2 aromatic rings. The zero-order valence-electron chi connectivity index (χ0n) is 12.7. The second-order valence-corrected chi connectivity index (χ2v) is 5.32. The Balaban J connectivity index is 1.93. The van der Waals surface area contributed by atoms with E-state index in [1.165, 1.54) is 36.7 Å². The maximum Gasteiger partial charge on any atom is 0.428 e. The first kappa shape index (κ1) is 16.1. The fourth-order valence-corrected chi connectivity index (χ4v) is 2.60. The number of nitro benzene ring substituents is 1. The monoisotopic (exact) mass is 337 g/mol. The van der Waals surface area contributed by atoms with Gasteiger partial charge >= 0.3 is 6.09 Å².